The van der Waals surface area contributed by atoms with Crippen molar-refractivity contribution < 1.29 is 9.84 Å². The molecule has 70 valence electrons. The molecule has 0 radical (unpaired) electrons. The highest BCUT2D eigenvalue weighted by molar-refractivity contribution is 5.23. The molecule has 0 aliphatic carbocycles. The molecule has 0 heterocycles. The summed E-state index contributed by atoms with van der Waals surface area (Å²) >= 11 is 0. The van der Waals surface area contributed by atoms with E-state index in [0.717, 1.165) is 12.0 Å². The molecule has 2 nitrogen and oxygen atoms in total. The maximum Gasteiger partial charge on any atom is 0.144 e. The molecule has 1 aromatic carbocycles. The number of hydrogen-bond acceptors (Lipinski definition) is 2. The Morgan fingerprint density at radius 2 is 1.85 bits per heavy atom. The van der Waals surface area contributed by atoms with Gasteiger partial charge in [0.25, 0.3) is 0 Å². The number of allylic oxidation sites excluding steroid dienone is 1. The second kappa shape index (κ2) is 5.51. The lowest BCUT2D eigenvalue weighted by Crippen LogP contribution is -1.93. The number of benzene rings is 1. The van der Waals surface area contributed by atoms with Gasteiger partial charge in [-0.05, 0) is 17.5 Å². The molecular weight excluding hydrogens is 164 g/mol. The SMILES string of the molecule is C=CCc1ccc(COCO)cc1. The van der Waals surface area contributed by atoms with E-state index in [1.165, 1.54) is 5.56 Å². The summed E-state index contributed by atoms with van der Waals surface area (Å²) in [4.78, 5) is 0. The van der Waals surface area contributed by atoms with Crippen LogP contribution < -0.4 is 0 Å². The molecule has 2 heteroatoms. The van der Waals surface area contributed by atoms with Crippen LogP contribution in [-0.2, 0) is 17.8 Å². The van der Waals surface area contributed by atoms with Crippen LogP contribution in [0.3, 0.4) is 0 Å². The molecule has 0 saturated heterocycles. The fourth-order valence-electron chi connectivity index (χ4n) is 1.10. The van der Waals surface area contributed by atoms with E-state index >= 15 is 0 Å². The summed E-state index contributed by atoms with van der Waals surface area (Å²) in [6.07, 6.45) is 2.76. The van der Waals surface area contributed by atoms with Gasteiger partial charge < -0.3 is 9.84 Å². The van der Waals surface area contributed by atoms with Crippen molar-refractivity contribution >= 4 is 0 Å². The lowest BCUT2D eigenvalue weighted by molar-refractivity contribution is -0.0112. The minimum absolute atomic E-state index is 0.228. The van der Waals surface area contributed by atoms with Gasteiger partial charge >= 0.3 is 0 Å². The molecule has 0 aromatic heterocycles. The van der Waals surface area contributed by atoms with Crippen molar-refractivity contribution in [3.63, 3.8) is 0 Å². The Morgan fingerprint density at radius 3 is 2.38 bits per heavy atom. The molecule has 0 saturated carbocycles. The Bertz CT molecular complexity index is 251. The molecule has 0 spiro atoms. The number of aliphatic hydroxyl groups excluding tert-OH is 1. The zero-order chi connectivity index (χ0) is 9.52. The van der Waals surface area contributed by atoms with Gasteiger partial charge in [0.05, 0.1) is 6.61 Å². The summed E-state index contributed by atoms with van der Waals surface area (Å²) < 4.78 is 4.85. The minimum Gasteiger partial charge on any atom is -0.371 e. The first-order valence-electron chi connectivity index (χ1n) is 4.24. The van der Waals surface area contributed by atoms with E-state index in [2.05, 4.69) is 6.58 Å². The van der Waals surface area contributed by atoms with Crippen LogP contribution >= 0.6 is 0 Å². The lowest BCUT2D eigenvalue weighted by atomic mass is 10.1. The molecule has 0 fully saturated rings. The van der Waals surface area contributed by atoms with E-state index in [1.54, 1.807) is 0 Å². The first kappa shape index (κ1) is 9.96. The highest BCUT2D eigenvalue weighted by Crippen LogP contribution is 2.06. The van der Waals surface area contributed by atoms with Crippen molar-refractivity contribution in [1.82, 2.24) is 0 Å². The van der Waals surface area contributed by atoms with Gasteiger partial charge in [0, 0.05) is 0 Å². The predicted octanol–water partition coefficient (Wildman–Crippen LogP) is 1.88. The van der Waals surface area contributed by atoms with E-state index < -0.39 is 0 Å². The van der Waals surface area contributed by atoms with Gasteiger partial charge in [-0.2, -0.15) is 0 Å². The van der Waals surface area contributed by atoms with Crippen LogP contribution in [0.15, 0.2) is 36.9 Å². The smallest absolute Gasteiger partial charge is 0.144 e. The minimum atomic E-state index is -0.228. The summed E-state index contributed by atoms with van der Waals surface area (Å²) in [5.41, 5.74) is 2.31. The largest absolute Gasteiger partial charge is 0.371 e. The topological polar surface area (TPSA) is 29.5 Å². The quantitative estimate of drug-likeness (QED) is 0.551. The highest BCUT2D eigenvalue weighted by Gasteiger charge is 1.92. The Hall–Kier alpha value is -1.12. The first-order chi connectivity index (χ1) is 6.36. The molecular formula is C11H14O2. The van der Waals surface area contributed by atoms with Crippen LogP contribution in [0.25, 0.3) is 0 Å². The van der Waals surface area contributed by atoms with E-state index in [4.69, 9.17) is 9.84 Å². The summed E-state index contributed by atoms with van der Waals surface area (Å²) in [5, 5.41) is 8.43. The lowest BCUT2D eigenvalue weighted by Gasteiger charge is -2.01. The van der Waals surface area contributed by atoms with Gasteiger partial charge in [0.1, 0.15) is 6.79 Å². The van der Waals surface area contributed by atoms with Crippen molar-refractivity contribution in [3.8, 4) is 0 Å². The van der Waals surface area contributed by atoms with Crippen molar-refractivity contribution in [1.29, 1.82) is 0 Å². The van der Waals surface area contributed by atoms with Gasteiger partial charge in [0.2, 0.25) is 0 Å². The summed E-state index contributed by atoms with van der Waals surface area (Å²) in [6.45, 7) is 3.91. The molecule has 0 amide bonds. The van der Waals surface area contributed by atoms with Crippen molar-refractivity contribution in [2.45, 2.75) is 13.0 Å². The van der Waals surface area contributed by atoms with Gasteiger partial charge in [-0.1, -0.05) is 30.3 Å². The molecule has 0 aliphatic heterocycles. The zero-order valence-corrected chi connectivity index (χ0v) is 7.57. The molecule has 0 aliphatic rings. The van der Waals surface area contributed by atoms with Crippen LogP contribution in [0, 0.1) is 0 Å². The summed E-state index contributed by atoms with van der Waals surface area (Å²) in [6, 6.07) is 8.07. The fraction of sp³-hybridized carbons (Fsp3) is 0.273. The van der Waals surface area contributed by atoms with E-state index in [-0.39, 0.29) is 6.79 Å². The number of hydrogen-bond donors (Lipinski definition) is 1. The maximum atomic E-state index is 8.43. The zero-order valence-electron chi connectivity index (χ0n) is 7.57. The van der Waals surface area contributed by atoms with E-state index in [0.29, 0.717) is 6.61 Å². The predicted molar refractivity (Wildman–Crippen MR) is 52.2 cm³/mol. The third kappa shape index (κ3) is 3.40. The highest BCUT2D eigenvalue weighted by atomic mass is 16.6. The second-order valence-electron chi connectivity index (χ2n) is 2.79. The van der Waals surface area contributed by atoms with Gasteiger partial charge in [0.15, 0.2) is 0 Å². The third-order valence-electron chi connectivity index (χ3n) is 1.76. The molecule has 1 aromatic rings. The number of rotatable bonds is 5. The average Bonchev–Trinajstić information content (AvgIpc) is 2.17. The Kier molecular flexibility index (Phi) is 4.23. The monoisotopic (exact) mass is 178 g/mol. The second-order valence-corrected chi connectivity index (χ2v) is 2.79. The normalized spacial score (nSPS) is 9.92. The van der Waals surface area contributed by atoms with Crippen molar-refractivity contribution in [3.05, 3.63) is 48.0 Å². The van der Waals surface area contributed by atoms with Gasteiger partial charge in [-0.15, -0.1) is 6.58 Å². The van der Waals surface area contributed by atoms with Crippen LogP contribution in [0.5, 0.6) is 0 Å². The van der Waals surface area contributed by atoms with Crippen LogP contribution in [-0.4, -0.2) is 11.9 Å². The molecule has 0 unspecified atom stereocenters. The van der Waals surface area contributed by atoms with Crippen LogP contribution in [0.4, 0.5) is 0 Å². The molecule has 0 atom stereocenters. The van der Waals surface area contributed by atoms with E-state index in [1.807, 2.05) is 30.3 Å². The van der Waals surface area contributed by atoms with Crippen molar-refractivity contribution in [2.24, 2.45) is 0 Å². The van der Waals surface area contributed by atoms with E-state index in [9.17, 15) is 0 Å². The Labute approximate surface area is 78.5 Å². The van der Waals surface area contributed by atoms with Crippen molar-refractivity contribution in [2.75, 3.05) is 6.79 Å². The number of ether oxygens (including phenoxy) is 1. The van der Waals surface area contributed by atoms with Gasteiger partial charge in [-0.3, -0.25) is 0 Å². The number of aliphatic hydroxyl groups is 1. The third-order valence-corrected chi connectivity index (χ3v) is 1.76. The molecule has 1 rings (SSSR count). The Morgan fingerprint density at radius 1 is 1.23 bits per heavy atom. The maximum absolute atomic E-state index is 8.43. The van der Waals surface area contributed by atoms with Crippen LogP contribution in [0.2, 0.25) is 0 Å². The molecule has 13 heavy (non-hydrogen) atoms. The summed E-state index contributed by atoms with van der Waals surface area (Å²) in [5.74, 6) is 0. The van der Waals surface area contributed by atoms with Crippen LogP contribution in [0.1, 0.15) is 11.1 Å². The molecule has 1 N–H and O–H groups in total. The summed E-state index contributed by atoms with van der Waals surface area (Å²) in [7, 11) is 0. The first-order valence-corrected chi connectivity index (χ1v) is 4.24. The fourth-order valence-corrected chi connectivity index (χ4v) is 1.10. The Balaban J connectivity index is 2.53. The van der Waals surface area contributed by atoms with Gasteiger partial charge in [-0.25, -0.2) is 0 Å². The standard InChI is InChI=1S/C11H14O2/c1-2-3-10-4-6-11(7-5-10)8-13-9-12/h2,4-7,12H,1,3,8-9H2. The average molecular weight is 178 g/mol. The molecule has 0 bridgehead atoms.